The van der Waals surface area contributed by atoms with Crippen LogP contribution in [-0.4, -0.2) is 29.3 Å². The maximum Gasteiger partial charge on any atom is 0.354 e. The molecule has 0 unspecified atom stereocenters. The van der Waals surface area contributed by atoms with E-state index in [2.05, 4.69) is 30.0 Å². The van der Waals surface area contributed by atoms with Gasteiger partial charge in [-0.15, -0.1) is 21.3 Å². The molecule has 0 fully saturated rings. The van der Waals surface area contributed by atoms with Gasteiger partial charge in [0.1, 0.15) is 0 Å². The third-order valence-electron chi connectivity index (χ3n) is 3.33. The van der Waals surface area contributed by atoms with Crippen molar-refractivity contribution in [2.45, 2.75) is 18.7 Å². The molecule has 0 aliphatic carbocycles. The normalized spacial score (nSPS) is 11.6. The number of anilines is 2. The van der Waals surface area contributed by atoms with Gasteiger partial charge in [-0.2, -0.15) is 0 Å². The van der Waals surface area contributed by atoms with Crippen molar-refractivity contribution in [3.63, 3.8) is 0 Å². The summed E-state index contributed by atoms with van der Waals surface area (Å²) in [5.41, 5.74) is 8.18. The fourth-order valence-corrected chi connectivity index (χ4v) is 4.04. The van der Waals surface area contributed by atoms with Crippen molar-refractivity contribution in [1.29, 1.82) is 0 Å². The number of aryl methyl sites for hydroxylation is 2. The monoisotopic (exact) mass is 439 g/mol. The fourth-order valence-electron chi connectivity index (χ4n) is 2.25. The van der Waals surface area contributed by atoms with Crippen LogP contribution in [0.4, 0.5) is 16.8 Å². The second-order valence-electron chi connectivity index (χ2n) is 5.61. The predicted molar refractivity (Wildman–Crippen MR) is 104 cm³/mol. The Morgan fingerprint density at radius 2 is 1.79 bits per heavy atom. The van der Waals surface area contributed by atoms with Gasteiger partial charge in [-0.05, 0) is 38.1 Å². The lowest BCUT2D eigenvalue weighted by Crippen LogP contribution is -3.00. The van der Waals surface area contributed by atoms with Gasteiger partial charge in [-0.25, -0.2) is 18.4 Å². The van der Waals surface area contributed by atoms with Crippen LogP contribution in [0.25, 0.3) is 0 Å². The van der Waals surface area contributed by atoms with Gasteiger partial charge < -0.3 is 18.1 Å². The highest BCUT2D eigenvalue weighted by molar-refractivity contribution is 7.93. The molecule has 0 aliphatic rings. The largest absolute Gasteiger partial charge is 1.00 e. The minimum Gasteiger partial charge on any atom is -1.00 e. The van der Waals surface area contributed by atoms with Crippen LogP contribution in [0.3, 0.4) is 0 Å². The highest BCUT2D eigenvalue weighted by atomic mass is 35.5. The molecular formula is C16H18ClN7O2S2. The van der Waals surface area contributed by atoms with Gasteiger partial charge in [-0.1, -0.05) is 0 Å². The fraction of sp³-hybridized carbons (Fsp3) is 0.125. The smallest absolute Gasteiger partial charge is 0.354 e. The Kier molecular flexibility index (Phi) is 6.89. The summed E-state index contributed by atoms with van der Waals surface area (Å²) in [5.74, 6) is 0.598. The highest BCUT2D eigenvalue weighted by Gasteiger charge is 2.15. The number of halogens is 1. The van der Waals surface area contributed by atoms with Crippen LogP contribution in [0.5, 0.6) is 0 Å². The van der Waals surface area contributed by atoms with Crippen LogP contribution >= 0.6 is 11.3 Å². The summed E-state index contributed by atoms with van der Waals surface area (Å²) < 4.78 is 27.0. The van der Waals surface area contributed by atoms with Gasteiger partial charge in [0.25, 0.3) is 16.0 Å². The van der Waals surface area contributed by atoms with Crippen molar-refractivity contribution >= 4 is 44.1 Å². The van der Waals surface area contributed by atoms with Gasteiger partial charge in [0.15, 0.2) is 5.13 Å². The molecule has 9 nitrogen and oxygen atoms in total. The molecule has 0 saturated carbocycles. The Balaban J connectivity index is 0.00000280. The summed E-state index contributed by atoms with van der Waals surface area (Å²) in [5, 5.41) is 4.93. The summed E-state index contributed by atoms with van der Waals surface area (Å²) in [7, 11) is -3.69. The molecule has 2 heterocycles. The average molecular weight is 440 g/mol. The molecule has 12 heteroatoms. The van der Waals surface area contributed by atoms with E-state index in [-0.39, 0.29) is 23.3 Å². The van der Waals surface area contributed by atoms with Crippen molar-refractivity contribution in [3.05, 3.63) is 53.3 Å². The molecule has 0 amide bonds. The van der Waals surface area contributed by atoms with Crippen LogP contribution in [-0.2, 0) is 10.0 Å². The third-order valence-corrected chi connectivity index (χ3v) is 5.50. The molecule has 0 saturated heterocycles. The molecule has 0 aliphatic heterocycles. The minimum atomic E-state index is -3.69. The Hall–Kier alpha value is -2.76. The number of rotatable bonds is 5. The number of benzene rings is 1. The summed E-state index contributed by atoms with van der Waals surface area (Å²) in [4.78, 5) is 15.4. The number of hydrogen-bond donors (Lipinski definition) is 4. The minimum absolute atomic E-state index is 0. The maximum atomic E-state index is 12.3. The summed E-state index contributed by atoms with van der Waals surface area (Å²) in [6.45, 7) is 3.73. The third kappa shape index (κ3) is 5.62. The van der Waals surface area contributed by atoms with E-state index in [1.807, 2.05) is 19.9 Å². The molecule has 0 radical (unpaired) electrons. The predicted octanol–water partition coefficient (Wildman–Crippen LogP) is -2.51. The first-order valence-corrected chi connectivity index (χ1v) is 10.2. The van der Waals surface area contributed by atoms with Crippen molar-refractivity contribution < 1.29 is 25.8 Å². The van der Waals surface area contributed by atoms with Crippen LogP contribution in [0, 0.1) is 13.8 Å². The van der Waals surface area contributed by atoms with Gasteiger partial charge in [0, 0.05) is 17.6 Å². The second-order valence-corrected chi connectivity index (χ2v) is 8.18. The Labute approximate surface area is 172 Å². The topological polar surface area (TPSA) is 137 Å². The number of sulfonamides is 1. The maximum absolute atomic E-state index is 12.3. The van der Waals surface area contributed by atoms with Gasteiger partial charge in [-0.3, -0.25) is 10.0 Å². The van der Waals surface area contributed by atoms with Gasteiger partial charge in [0.05, 0.1) is 22.0 Å². The van der Waals surface area contributed by atoms with Crippen molar-refractivity contribution in [2.75, 3.05) is 10.0 Å². The molecule has 3 aromatic rings. The van der Waals surface area contributed by atoms with Crippen molar-refractivity contribution in [3.8, 4) is 0 Å². The lowest BCUT2D eigenvalue weighted by Gasteiger charge is -2.06. The van der Waals surface area contributed by atoms with E-state index in [0.29, 0.717) is 16.8 Å². The van der Waals surface area contributed by atoms with Crippen molar-refractivity contribution in [1.82, 2.24) is 15.0 Å². The molecule has 1 aromatic carbocycles. The van der Waals surface area contributed by atoms with E-state index in [0.717, 1.165) is 11.4 Å². The molecular weight excluding hydrogens is 422 g/mol. The van der Waals surface area contributed by atoms with Gasteiger partial charge in [0.2, 0.25) is 0 Å². The first kappa shape index (κ1) is 21.5. The van der Waals surface area contributed by atoms with Crippen LogP contribution in [0.15, 0.2) is 46.8 Å². The van der Waals surface area contributed by atoms with E-state index >= 15 is 0 Å². The number of hydrogen-bond acceptors (Lipinski definition) is 6. The van der Waals surface area contributed by atoms with E-state index in [9.17, 15) is 8.42 Å². The van der Waals surface area contributed by atoms with Crippen molar-refractivity contribution in [2.24, 2.45) is 5.73 Å². The summed E-state index contributed by atoms with van der Waals surface area (Å²) >= 11 is 1.21. The Bertz CT molecular complexity index is 1050. The SMILES string of the molecule is Cc1cc(C)nc(/[NH+]=C(\N)Nc2ccc(S(=O)(=O)Nc3nccs3)cc2)n1.[Cl-]. The quantitative estimate of drug-likeness (QED) is 0.254. The number of nitrogens with zero attached hydrogens (tertiary/aromatic N) is 3. The highest BCUT2D eigenvalue weighted by Crippen LogP contribution is 2.19. The zero-order chi connectivity index (χ0) is 19.4. The molecule has 3 rings (SSSR count). The summed E-state index contributed by atoms with van der Waals surface area (Å²) in [6, 6.07) is 8.01. The zero-order valence-corrected chi connectivity index (χ0v) is 17.4. The lowest BCUT2D eigenvalue weighted by molar-refractivity contribution is -0.365. The summed E-state index contributed by atoms with van der Waals surface area (Å²) in [6.07, 6.45) is 1.53. The molecule has 2 aromatic heterocycles. The Morgan fingerprint density at radius 3 is 2.36 bits per heavy atom. The number of thiazole rings is 1. The first-order chi connectivity index (χ1) is 12.8. The molecule has 28 heavy (non-hydrogen) atoms. The molecule has 0 atom stereocenters. The molecule has 0 bridgehead atoms. The van der Waals surface area contributed by atoms with Gasteiger partial charge >= 0.3 is 5.95 Å². The number of aromatic nitrogens is 3. The molecule has 0 spiro atoms. The zero-order valence-electron chi connectivity index (χ0n) is 15.0. The Morgan fingerprint density at radius 1 is 1.14 bits per heavy atom. The average Bonchev–Trinajstić information content (AvgIpc) is 3.06. The molecule has 5 N–H and O–H groups in total. The van der Waals surface area contributed by atoms with Crippen LogP contribution in [0.2, 0.25) is 0 Å². The number of guanidine groups is 1. The van der Waals surface area contributed by atoms with Crippen LogP contribution in [0.1, 0.15) is 11.4 Å². The van der Waals surface area contributed by atoms with E-state index in [1.54, 1.807) is 17.5 Å². The van der Waals surface area contributed by atoms with E-state index < -0.39 is 10.0 Å². The second kappa shape index (κ2) is 8.95. The lowest BCUT2D eigenvalue weighted by atomic mass is 10.3. The van der Waals surface area contributed by atoms with Crippen LogP contribution < -0.4 is 33.2 Å². The number of nitrogens with one attached hydrogen (secondary N) is 3. The number of nitrogens with two attached hydrogens (primary N) is 1. The standard InChI is InChI=1S/C16H17N7O2S2.ClH/c1-10-9-11(2)20-15(19-10)22-14(17)21-12-3-5-13(6-4-12)27(24,25)23-16-18-7-8-26-16;/h3-9H,1-2H3,(H,18,23)(H3,17,19,20,21,22);1H. The van der Waals surface area contributed by atoms with E-state index in [1.165, 1.54) is 29.7 Å². The van der Waals surface area contributed by atoms with E-state index in [4.69, 9.17) is 5.73 Å². The molecule has 148 valence electrons. The first-order valence-electron chi connectivity index (χ1n) is 7.83.